The molecular formula is C20H21N3O4S. The number of carbonyl (C=O) groups is 1. The molecule has 8 heteroatoms. The summed E-state index contributed by atoms with van der Waals surface area (Å²) in [6, 6.07) is 13.0. The Balaban J connectivity index is 1.77. The van der Waals surface area contributed by atoms with Gasteiger partial charge < -0.3 is 9.73 Å². The number of furan rings is 1. The van der Waals surface area contributed by atoms with Crippen molar-refractivity contribution in [2.24, 2.45) is 0 Å². The van der Waals surface area contributed by atoms with Crippen molar-refractivity contribution in [3.8, 4) is 0 Å². The predicted molar refractivity (Wildman–Crippen MR) is 104 cm³/mol. The van der Waals surface area contributed by atoms with Gasteiger partial charge in [-0.1, -0.05) is 12.1 Å². The summed E-state index contributed by atoms with van der Waals surface area (Å²) in [5, 5.41) is 2.85. The van der Waals surface area contributed by atoms with Crippen LogP contribution >= 0.6 is 0 Å². The van der Waals surface area contributed by atoms with E-state index < -0.39 is 10.0 Å². The number of hydrogen-bond donors (Lipinski definition) is 2. The van der Waals surface area contributed by atoms with Crippen LogP contribution in [0.25, 0.3) is 0 Å². The van der Waals surface area contributed by atoms with Crippen LogP contribution in [-0.2, 0) is 16.6 Å². The topological polar surface area (TPSA) is 101 Å². The highest BCUT2D eigenvalue weighted by molar-refractivity contribution is 7.89. The summed E-state index contributed by atoms with van der Waals surface area (Å²) in [6.07, 6.45) is 3.13. The third-order valence-corrected chi connectivity index (χ3v) is 5.66. The SMILES string of the molecule is Cc1ccc(S(=O)(=O)NCc2ccco2)cc1C(=O)N[C@@H](C)c1ccccn1. The number of aryl methyl sites for hydroxylation is 1. The largest absolute Gasteiger partial charge is 0.468 e. The van der Waals surface area contributed by atoms with Gasteiger partial charge in [0.25, 0.3) is 5.91 Å². The molecule has 0 saturated heterocycles. The first kappa shape index (κ1) is 19.8. The molecule has 1 atom stereocenters. The van der Waals surface area contributed by atoms with E-state index in [0.717, 1.165) is 5.69 Å². The quantitative estimate of drug-likeness (QED) is 0.636. The molecule has 0 spiro atoms. The van der Waals surface area contributed by atoms with E-state index in [1.54, 1.807) is 37.4 Å². The maximum Gasteiger partial charge on any atom is 0.252 e. The maximum absolute atomic E-state index is 12.7. The molecule has 0 saturated carbocycles. The normalized spacial score (nSPS) is 12.5. The second kappa shape index (κ2) is 8.37. The third kappa shape index (κ3) is 4.65. The number of rotatable bonds is 7. The van der Waals surface area contributed by atoms with Crippen molar-refractivity contribution in [1.82, 2.24) is 15.0 Å². The van der Waals surface area contributed by atoms with E-state index in [4.69, 9.17) is 4.42 Å². The van der Waals surface area contributed by atoms with Crippen molar-refractivity contribution in [2.45, 2.75) is 31.3 Å². The molecule has 0 aliphatic rings. The Kier molecular flexibility index (Phi) is 5.91. The van der Waals surface area contributed by atoms with Gasteiger partial charge in [0, 0.05) is 11.8 Å². The number of nitrogens with zero attached hydrogens (tertiary/aromatic N) is 1. The van der Waals surface area contributed by atoms with Gasteiger partial charge in [0.05, 0.1) is 29.4 Å². The average molecular weight is 399 g/mol. The number of aromatic nitrogens is 1. The Morgan fingerprint density at radius 2 is 2.00 bits per heavy atom. The second-order valence-electron chi connectivity index (χ2n) is 6.33. The van der Waals surface area contributed by atoms with E-state index in [1.165, 1.54) is 18.4 Å². The second-order valence-corrected chi connectivity index (χ2v) is 8.10. The van der Waals surface area contributed by atoms with Gasteiger partial charge in [-0.15, -0.1) is 0 Å². The maximum atomic E-state index is 12.7. The fourth-order valence-electron chi connectivity index (χ4n) is 2.66. The molecule has 0 fully saturated rings. The minimum atomic E-state index is -3.79. The Hall–Kier alpha value is -2.97. The molecule has 3 rings (SSSR count). The molecule has 0 aliphatic carbocycles. The van der Waals surface area contributed by atoms with E-state index in [9.17, 15) is 13.2 Å². The van der Waals surface area contributed by atoms with E-state index in [1.807, 2.05) is 19.1 Å². The zero-order valence-electron chi connectivity index (χ0n) is 15.5. The summed E-state index contributed by atoms with van der Waals surface area (Å²) in [6.45, 7) is 3.61. The number of nitrogens with one attached hydrogen (secondary N) is 2. The molecule has 2 aromatic heterocycles. The molecule has 146 valence electrons. The summed E-state index contributed by atoms with van der Waals surface area (Å²) in [7, 11) is -3.79. The lowest BCUT2D eigenvalue weighted by Gasteiger charge is -2.15. The molecule has 0 aliphatic heterocycles. The van der Waals surface area contributed by atoms with Gasteiger partial charge in [0.2, 0.25) is 10.0 Å². The van der Waals surface area contributed by atoms with E-state index >= 15 is 0 Å². The fourth-order valence-corrected chi connectivity index (χ4v) is 3.68. The molecule has 2 heterocycles. The first-order chi connectivity index (χ1) is 13.4. The molecule has 7 nitrogen and oxygen atoms in total. The summed E-state index contributed by atoms with van der Waals surface area (Å²) < 4.78 is 32.7. The minimum absolute atomic E-state index is 0.0142. The zero-order valence-corrected chi connectivity index (χ0v) is 16.4. The summed E-state index contributed by atoms with van der Waals surface area (Å²) in [5.41, 5.74) is 1.69. The Morgan fingerprint density at radius 3 is 2.68 bits per heavy atom. The van der Waals surface area contributed by atoms with Crippen molar-refractivity contribution in [3.05, 3.63) is 83.6 Å². The minimum Gasteiger partial charge on any atom is -0.468 e. The highest BCUT2D eigenvalue weighted by atomic mass is 32.2. The van der Waals surface area contributed by atoms with Crippen LogP contribution in [0, 0.1) is 6.92 Å². The van der Waals surface area contributed by atoms with Crippen molar-refractivity contribution in [3.63, 3.8) is 0 Å². The molecule has 3 aromatic rings. The van der Waals surface area contributed by atoms with Gasteiger partial charge in [-0.2, -0.15) is 0 Å². The third-order valence-electron chi connectivity index (χ3n) is 4.26. The number of carbonyl (C=O) groups excluding carboxylic acids is 1. The van der Waals surface area contributed by atoms with Crippen LogP contribution in [0.4, 0.5) is 0 Å². The van der Waals surface area contributed by atoms with Gasteiger partial charge in [0.15, 0.2) is 0 Å². The van der Waals surface area contributed by atoms with E-state index in [0.29, 0.717) is 16.9 Å². The number of amides is 1. The van der Waals surface area contributed by atoms with E-state index in [-0.39, 0.29) is 23.4 Å². The smallest absolute Gasteiger partial charge is 0.252 e. The number of benzene rings is 1. The Morgan fingerprint density at radius 1 is 1.18 bits per heavy atom. The van der Waals surface area contributed by atoms with Crippen LogP contribution in [-0.4, -0.2) is 19.3 Å². The van der Waals surface area contributed by atoms with Gasteiger partial charge in [-0.05, 0) is 55.8 Å². The van der Waals surface area contributed by atoms with Crippen molar-refractivity contribution in [1.29, 1.82) is 0 Å². The number of hydrogen-bond acceptors (Lipinski definition) is 5. The first-order valence-corrected chi connectivity index (χ1v) is 10.2. The molecule has 0 radical (unpaired) electrons. The van der Waals surface area contributed by atoms with Crippen LogP contribution in [0.2, 0.25) is 0 Å². The number of sulfonamides is 1. The summed E-state index contributed by atoms with van der Waals surface area (Å²) in [4.78, 5) is 16.9. The standard InChI is InChI=1S/C20H21N3O4S/c1-14-8-9-17(28(25,26)22-13-16-6-5-11-27-16)12-18(14)20(24)23-15(2)19-7-3-4-10-21-19/h3-12,15,22H,13H2,1-2H3,(H,23,24)/t15-/m0/s1. The molecule has 0 unspecified atom stereocenters. The zero-order chi connectivity index (χ0) is 20.1. The lowest BCUT2D eigenvalue weighted by atomic mass is 10.1. The van der Waals surface area contributed by atoms with E-state index in [2.05, 4.69) is 15.0 Å². The predicted octanol–water partition coefficient (Wildman–Crippen LogP) is 2.95. The van der Waals surface area contributed by atoms with Crippen molar-refractivity contribution < 1.29 is 17.6 Å². The van der Waals surface area contributed by atoms with Gasteiger partial charge >= 0.3 is 0 Å². The average Bonchev–Trinajstić information content (AvgIpc) is 3.21. The van der Waals surface area contributed by atoms with Gasteiger partial charge in [-0.25, -0.2) is 13.1 Å². The molecular weight excluding hydrogens is 378 g/mol. The van der Waals surface area contributed by atoms with Crippen LogP contribution < -0.4 is 10.0 Å². The monoisotopic (exact) mass is 399 g/mol. The van der Waals surface area contributed by atoms with Gasteiger partial charge in [0.1, 0.15) is 5.76 Å². The molecule has 2 N–H and O–H groups in total. The van der Waals surface area contributed by atoms with Crippen molar-refractivity contribution in [2.75, 3.05) is 0 Å². The molecule has 0 bridgehead atoms. The highest BCUT2D eigenvalue weighted by Crippen LogP contribution is 2.18. The van der Waals surface area contributed by atoms with Crippen LogP contribution in [0.15, 0.2) is 70.3 Å². The Bertz CT molecular complexity index is 1050. The lowest BCUT2D eigenvalue weighted by molar-refractivity contribution is 0.0938. The van der Waals surface area contributed by atoms with Crippen LogP contribution in [0.1, 0.15) is 40.3 Å². The molecule has 1 aromatic carbocycles. The lowest BCUT2D eigenvalue weighted by Crippen LogP contribution is -2.28. The highest BCUT2D eigenvalue weighted by Gasteiger charge is 2.20. The fraction of sp³-hybridized carbons (Fsp3) is 0.200. The number of pyridine rings is 1. The summed E-state index contributed by atoms with van der Waals surface area (Å²) in [5.74, 6) is 0.136. The summed E-state index contributed by atoms with van der Waals surface area (Å²) >= 11 is 0. The van der Waals surface area contributed by atoms with Gasteiger partial charge in [-0.3, -0.25) is 9.78 Å². The molecule has 28 heavy (non-hydrogen) atoms. The van der Waals surface area contributed by atoms with Crippen LogP contribution in [0.5, 0.6) is 0 Å². The van der Waals surface area contributed by atoms with Crippen molar-refractivity contribution >= 4 is 15.9 Å². The van der Waals surface area contributed by atoms with Crippen LogP contribution in [0.3, 0.4) is 0 Å². The molecule has 1 amide bonds. The Labute approximate surface area is 163 Å². The first-order valence-electron chi connectivity index (χ1n) is 8.71.